The van der Waals surface area contributed by atoms with Gasteiger partial charge in [-0.3, -0.25) is 0 Å². The Balaban J connectivity index is 1.50. The van der Waals surface area contributed by atoms with Crippen molar-refractivity contribution in [3.63, 3.8) is 0 Å². The van der Waals surface area contributed by atoms with Gasteiger partial charge in [0.25, 0.3) is 0 Å². The van der Waals surface area contributed by atoms with Crippen molar-refractivity contribution in [2.24, 2.45) is 23.7 Å². The predicted molar refractivity (Wildman–Crippen MR) is 145 cm³/mol. The minimum Gasteiger partial charge on any atom is -0.493 e. The molecule has 4 fully saturated rings. The topological polar surface area (TPSA) is 84.8 Å². The van der Waals surface area contributed by atoms with Crippen LogP contribution < -0.4 is 9.47 Å². The van der Waals surface area contributed by atoms with E-state index in [4.69, 9.17) is 32.8 Å². The van der Waals surface area contributed by atoms with Crippen LogP contribution in [-0.2, 0) is 29.8 Å². The van der Waals surface area contributed by atoms with Crippen molar-refractivity contribution >= 4 is 8.32 Å². The number of fused-ring (bicyclic) bond motifs is 2. The number of hydrogen-bond acceptors (Lipinski definition) is 8. The molecule has 5 rings (SSSR count). The van der Waals surface area contributed by atoms with E-state index >= 15 is 0 Å². The monoisotopic (exact) mass is 550 g/mol. The number of rotatable bonds is 8. The van der Waals surface area contributed by atoms with E-state index in [1.54, 1.807) is 14.2 Å². The van der Waals surface area contributed by atoms with Crippen LogP contribution in [0.4, 0.5) is 0 Å². The SMILES string of the molecule is COCOc1cc(C[C@H]2C[C@H]3[C@@H]4[C@H](O[C@@H]3O)[C@H]3OC(C)(C)O[C@H]3[C@H](O[Si](C)(C)C(C)(C)C)[C@H]24)ccc1OC. The Morgan fingerprint density at radius 3 is 2.39 bits per heavy atom. The smallest absolute Gasteiger partial charge is 0.192 e. The van der Waals surface area contributed by atoms with Gasteiger partial charge in [0, 0.05) is 18.9 Å². The molecular formula is C29H46O8Si. The lowest BCUT2D eigenvalue weighted by Crippen LogP contribution is -2.61. The molecule has 1 aromatic carbocycles. The Labute approximate surface area is 228 Å². The minimum absolute atomic E-state index is 0.0521. The van der Waals surface area contributed by atoms with Gasteiger partial charge in [0.15, 0.2) is 38.7 Å². The first-order chi connectivity index (χ1) is 17.8. The fourth-order valence-electron chi connectivity index (χ4n) is 6.98. The third-order valence-electron chi connectivity index (χ3n) is 9.59. The summed E-state index contributed by atoms with van der Waals surface area (Å²) in [5.41, 5.74) is 1.16. The molecule has 4 aliphatic rings. The summed E-state index contributed by atoms with van der Waals surface area (Å²) in [6.07, 6.45) is 0.0795. The molecule has 0 spiro atoms. The molecule has 0 amide bonds. The molecule has 2 aliphatic heterocycles. The molecule has 2 heterocycles. The molecule has 0 unspecified atom stereocenters. The Kier molecular flexibility index (Phi) is 7.46. The van der Waals surface area contributed by atoms with Gasteiger partial charge in [-0.2, -0.15) is 0 Å². The molecule has 2 aliphatic carbocycles. The molecule has 9 atom stereocenters. The van der Waals surface area contributed by atoms with Crippen LogP contribution in [0.1, 0.15) is 46.6 Å². The number of benzene rings is 1. The number of aliphatic hydroxyl groups excluding tert-OH is 1. The van der Waals surface area contributed by atoms with Gasteiger partial charge < -0.3 is 38.0 Å². The minimum atomic E-state index is -2.15. The summed E-state index contributed by atoms with van der Waals surface area (Å²) < 4.78 is 42.9. The number of methoxy groups -OCH3 is 2. The summed E-state index contributed by atoms with van der Waals surface area (Å²) in [6, 6.07) is 6.10. The van der Waals surface area contributed by atoms with Gasteiger partial charge in [-0.1, -0.05) is 26.8 Å². The maximum Gasteiger partial charge on any atom is 0.192 e. The van der Waals surface area contributed by atoms with E-state index in [1.165, 1.54) is 0 Å². The van der Waals surface area contributed by atoms with E-state index in [-0.39, 0.29) is 59.9 Å². The second-order valence-electron chi connectivity index (χ2n) is 13.5. The molecule has 0 aromatic heterocycles. The van der Waals surface area contributed by atoms with E-state index in [0.717, 1.165) is 18.4 Å². The highest BCUT2D eigenvalue weighted by atomic mass is 28.4. The summed E-state index contributed by atoms with van der Waals surface area (Å²) in [5, 5.41) is 11.1. The fourth-order valence-corrected chi connectivity index (χ4v) is 8.31. The lowest BCUT2D eigenvalue weighted by molar-refractivity contribution is -0.178. The molecule has 2 saturated heterocycles. The Bertz CT molecular complexity index is 1010. The van der Waals surface area contributed by atoms with Crippen LogP contribution >= 0.6 is 0 Å². The van der Waals surface area contributed by atoms with E-state index in [1.807, 2.05) is 26.0 Å². The van der Waals surface area contributed by atoms with Crippen molar-refractivity contribution in [3.05, 3.63) is 23.8 Å². The average molecular weight is 551 g/mol. The molecule has 8 nitrogen and oxygen atoms in total. The molecule has 0 radical (unpaired) electrons. The summed E-state index contributed by atoms with van der Waals surface area (Å²) >= 11 is 0. The van der Waals surface area contributed by atoms with Crippen molar-refractivity contribution in [1.82, 2.24) is 0 Å². The van der Waals surface area contributed by atoms with E-state index in [0.29, 0.717) is 11.5 Å². The quantitative estimate of drug-likeness (QED) is 0.367. The molecule has 1 aromatic rings. The lowest BCUT2D eigenvalue weighted by atomic mass is 9.70. The van der Waals surface area contributed by atoms with Gasteiger partial charge in [0.05, 0.1) is 19.3 Å². The number of aliphatic hydroxyl groups is 1. The average Bonchev–Trinajstić information content (AvgIpc) is 3.46. The predicted octanol–water partition coefficient (Wildman–Crippen LogP) is 4.73. The zero-order valence-corrected chi connectivity index (χ0v) is 25.4. The zero-order valence-electron chi connectivity index (χ0n) is 24.4. The summed E-state index contributed by atoms with van der Waals surface area (Å²) in [4.78, 5) is 0. The van der Waals surface area contributed by atoms with Gasteiger partial charge in [0.2, 0.25) is 0 Å². The van der Waals surface area contributed by atoms with E-state index in [2.05, 4.69) is 39.9 Å². The second kappa shape index (κ2) is 10.0. The van der Waals surface area contributed by atoms with Crippen molar-refractivity contribution in [3.8, 4) is 11.5 Å². The largest absolute Gasteiger partial charge is 0.493 e. The van der Waals surface area contributed by atoms with Crippen LogP contribution in [0.5, 0.6) is 11.5 Å². The van der Waals surface area contributed by atoms with Crippen LogP contribution in [0.2, 0.25) is 18.1 Å². The van der Waals surface area contributed by atoms with E-state index < -0.39 is 20.4 Å². The molecule has 38 heavy (non-hydrogen) atoms. The van der Waals surface area contributed by atoms with Gasteiger partial charge in [-0.25, -0.2) is 0 Å². The highest BCUT2D eigenvalue weighted by Crippen LogP contribution is 2.60. The summed E-state index contributed by atoms with van der Waals surface area (Å²) in [6.45, 7) is 15.5. The molecule has 2 saturated carbocycles. The van der Waals surface area contributed by atoms with Crippen molar-refractivity contribution in [2.45, 2.75) is 102 Å². The maximum absolute atomic E-state index is 11.0. The number of ether oxygens (including phenoxy) is 6. The highest BCUT2D eigenvalue weighted by molar-refractivity contribution is 6.74. The molecule has 1 N–H and O–H groups in total. The fraction of sp³-hybridized carbons (Fsp3) is 0.793. The van der Waals surface area contributed by atoms with Crippen LogP contribution in [0.15, 0.2) is 18.2 Å². The van der Waals surface area contributed by atoms with Gasteiger partial charge in [-0.15, -0.1) is 0 Å². The highest BCUT2D eigenvalue weighted by Gasteiger charge is 2.68. The summed E-state index contributed by atoms with van der Waals surface area (Å²) in [5.74, 6) is 1.30. The zero-order chi connectivity index (χ0) is 27.6. The third-order valence-corrected chi connectivity index (χ3v) is 14.1. The first kappa shape index (κ1) is 28.3. The first-order valence-corrected chi connectivity index (χ1v) is 16.8. The van der Waals surface area contributed by atoms with Crippen LogP contribution in [-0.4, -0.2) is 70.9 Å². The van der Waals surface area contributed by atoms with Gasteiger partial charge in [-0.05, 0) is 74.4 Å². The third kappa shape index (κ3) is 4.93. The van der Waals surface area contributed by atoms with Gasteiger partial charge >= 0.3 is 0 Å². The summed E-state index contributed by atoms with van der Waals surface area (Å²) in [7, 11) is 1.10. The Morgan fingerprint density at radius 1 is 1.03 bits per heavy atom. The van der Waals surface area contributed by atoms with Crippen molar-refractivity contribution < 1.29 is 38.0 Å². The second-order valence-corrected chi connectivity index (χ2v) is 18.2. The van der Waals surface area contributed by atoms with Gasteiger partial charge in [0.1, 0.15) is 12.2 Å². The Morgan fingerprint density at radius 2 is 1.74 bits per heavy atom. The standard InChI is InChI=1S/C29H46O8Si/c1-28(2,3)38(8,9)37-24-21-17(12-16-10-11-19(32-7)20(13-16)33-15-31-6)14-18-22(21)23(34-27(18)30)25-26(24)36-29(4,5)35-25/h10-11,13,17-18,21-27,30H,12,14-15H2,1-9H3/t17-,18-,21+,22-,23-,24+,25+,26-,27-/m0/s1. The molecular weight excluding hydrogens is 504 g/mol. The first-order valence-electron chi connectivity index (χ1n) is 13.9. The van der Waals surface area contributed by atoms with Crippen LogP contribution in [0, 0.1) is 23.7 Å². The van der Waals surface area contributed by atoms with Crippen molar-refractivity contribution in [1.29, 1.82) is 0 Å². The maximum atomic E-state index is 11.0. The molecule has 214 valence electrons. The number of hydrogen-bond donors (Lipinski definition) is 1. The van der Waals surface area contributed by atoms with Crippen LogP contribution in [0.25, 0.3) is 0 Å². The van der Waals surface area contributed by atoms with Crippen LogP contribution in [0.3, 0.4) is 0 Å². The Hall–Kier alpha value is -1.20. The van der Waals surface area contributed by atoms with E-state index in [9.17, 15) is 5.11 Å². The lowest BCUT2D eigenvalue weighted by Gasteiger charge is -2.49. The molecule has 9 heteroatoms. The normalized spacial score (nSPS) is 37.7. The van der Waals surface area contributed by atoms with Crippen molar-refractivity contribution in [2.75, 3.05) is 21.0 Å². The molecule has 0 bridgehead atoms.